The van der Waals surface area contributed by atoms with E-state index in [1.165, 1.54) is 32.1 Å². The monoisotopic (exact) mass is 291 g/mol. The third kappa shape index (κ3) is 3.64. The van der Waals surface area contributed by atoms with Crippen LogP contribution in [0.2, 0.25) is 0 Å². The summed E-state index contributed by atoms with van der Waals surface area (Å²) in [6.45, 7) is 2.96. The van der Waals surface area contributed by atoms with E-state index < -0.39 is 0 Å². The Morgan fingerprint density at radius 3 is 2.38 bits per heavy atom. The van der Waals surface area contributed by atoms with Gasteiger partial charge in [0.15, 0.2) is 0 Å². The molecule has 0 aromatic carbocycles. The number of hydrogen-bond donors (Lipinski definition) is 1. The molecule has 1 heterocycles. The predicted molar refractivity (Wildman–Crippen MR) is 89.1 cm³/mol. The van der Waals surface area contributed by atoms with E-state index in [9.17, 15) is 0 Å². The van der Waals surface area contributed by atoms with Gasteiger partial charge in [0.2, 0.25) is 5.95 Å². The zero-order valence-corrected chi connectivity index (χ0v) is 14.1. The van der Waals surface area contributed by atoms with Gasteiger partial charge in [-0.3, -0.25) is 0 Å². The Kier molecular flexibility index (Phi) is 5.04. The van der Waals surface area contributed by atoms with Crippen LogP contribution in [0, 0.1) is 6.92 Å². The highest BCUT2D eigenvalue weighted by Crippen LogP contribution is 2.32. The van der Waals surface area contributed by atoms with Gasteiger partial charge in [-0.25, -0.2) is 4.98 Å². The van der Waals surface area contributed by atoms with E-state index in [-0.39, 0.29) is 5.54 Å². The highest BCUT2D eigenvalue weighted by atomic mass is 15.2. The molecule has 0 unspecified atom stereocenters. The first-order valence-electron chi connectivity index (χ1n) is 7.87. The fourth-order valence-corrected chi connectivity index (χ4v) is 3.21. The third-order valence-electron chi connectivity index (χ3n) is 4.68. The first kappa shape index (κ1) is 16.0. The molecule has 0 atom stereocenters. The lowest BCUT2D eigenvalue weighted by molar-refractivity contribution is 0.113. The summed E-state index contributed by atoms with van der Waals surface area (Å²) in [5.74, 6) is 1.71. The highest BCUT2D eigenvalue weighted by Gasteiger charge is 2.34. The maximum absolute atomic E-state index is 4.63. The molecule has 1 aromatic heterocycles. The first-order chi connectivity index (χ1) is 9.94. The molecule has 0 spiro atoms. The normalized spacial score (nSPS) is 17.8. The third-order valence-corrected chi connectivity index (χ3v) is 4.68. The van der Waals surface area contributed by atoms with Crippen LogP contribution in [0.25, 0.3) is 0 Å². The molecule has 1 saturated carbocycles. The molecule has 1 aliphatic rings. The average Bonchev–Trinajstić information content (AvgIpc) is 2.47. The lowest BCUT2D eigenvalue weighted by Crippen LogP contribution is -2.51. The Hall–Kier alpha value is -1.36. The summed E-state index contributed by atoms with van der Waals surface area (Å²) in [5, 5.41) is 3.47. The molecule has 1 aromatic rings. The minimum atomic E-state index is 0.241. The summed E-state index contributed by atoms with van der Waals surface area (Å²) >= 11 is 0. The van der Waals surface area contributed by atoms with Gasteiger partial charge < -0.3 is 15.1 Å². The van der Waals surface area contributed by atoms with Crippen LogP contribution in [0.15, 0.2) is 6.20 Å². The molecular formula is C16H29N5. The molecule has 118 valence electrons. The Morgan fingerprint density at radius 2 is 1.81 bits per heavy atom. The summed E-state index contributed by atoms with van der Waals surface area (Å²) < 4.78 is 0. The van der Waals surface area contributed by atoms with Crippen molar-refractivity contribution in [1.29, 1.82) is 0 Å². The van der Waals surface area contributed by atoms with Crippen molar-refractivity contribution in [2.24, 2.45) is 0 Å². The van der Waals surface area contributed by atoms with Gasteiger partial charge in [0.25, 0.3) is 0 Å². The first-order valence-corrected chi connectivity index (χ1v) is 7.87. The second-order valence-corrected chi connectivity index (χ2v) is 6.63. The van der Waals surface area contributed by atoms with Gasteiger partial charge in [-0.1, -0.05) is 19.3 Å². The molecule has 5 heteroatoms. The van der Waals surface area contributed by atoms with Gasteiger partial charge >= 0.3 is 0 Å². The summed E-state index contributed by atoms with van der Waals surface area (Å²) in [6.07, 6.45) is 8.39. The van der Waals surface area contributed by atoms with Crippen LogP contribution in [0.1, 0.15) is 37.7 Å². The van der Waals surface area contributed by atoms with E-state index in [1.54, 1.807) is 0 Å². The minimum absolute atomic E-state index is 0.241. The molecule has 1 aliphatic carbocycles. The van der Waals surface area contributed by atoms with E-state index in [0.29, 0.717) is 0 Å². The fourth-order valence-electron chi connectivity index (χ4n) is 3.21. The van der Waals surface area contributed by atoms with E-state index in [2.05, 4.69) is 34.3 Å². The van der Waals surface area contributed by atoms with Gasteiger partial charge in [0.05, 0.1) is 0 Å². The topological polar surface area (TPSA) is 44.3 Å². The molecule has 1 N–H and O–H groups in total. The standard InChI is InChI=1S/C16H29N5/c1-13-11-17-15(19-14(13)20(2)3)18-12-16(21(4)5)9-7-6-8-10-16/h11H,6-10,12H2,1-5H3,(H,17,18,19). The molecule has 21 heavy (non-hydrogen) atoms. The number of likely N-dealkylation sites (N-methyl/N-ethyl adjacent to an activating group) is 1. The van der Waals surface area contributed by atoms with E-state index in [0.717, 1.165) is 23.9 Å². The smallest absolute Gasteiger partial charge is 0.224 e. The fraction of sp³-hybridized carbons (Fsp3) is 0.750. The molecule has 0 aliphatic heterocycles. The number of aromatic nitrogens is 2. The number of hydrogen-bond acceptors (Lipinski definition) is 5. The van der Waals surface area contributed by atoms with Gasteiger partial charge in [-0.05, 0) is 33.9 Å². The lowest BCUT2D eigenvalue weighted by Gasteiger charge is -2.43. The predicted octanol–water partition coefficient (Wildman–Crippen LogP) is 2.53. The summed E-state index contributed by atoms with van der Waals surface area (Å²) in [5.41, 5.74) is 1.34. The van der Waals surface area contributed by atoms with Crippen molar-refractivity contribution in [2.45, 2.75) is 44.6 Å². The van der Waals surface area contributed by atoms with Crippen LogP contribution in [0.4, 0.5) is 11.8 Å². The summed E-state index contributed by atoms with van der Waals surface area (Å²) in [7, 11) is 8.41. The second kappa shape index (κ2) is 6.60. The van der Waals surface area contributed by atoms with Crippen LogP contribution < -0.4 is 10.2 Å². The summed E-state index contributed by atoms with van der Waals surface area (Å²) in [6, 6.07) is 0. The molecule has 2 rings (SSSR count). The van der Waals surface area contributed by atoms with Crippen molar-refractivity contribution in [2.75, 3.05) is 45.0 Å². The zero-order chi connectivity index (χ0) is 15.5. The molecule has 5 nitrogen and oxygen atoms in total. The molecule has 0 bridgehead atoms. The SMILES string of the molecule is Cc1cnc(NCC2(N(C)C)CCCCC2)nc1N(C)C. The molecule has 1 fully saturated rings. The Morgan fingerprint density at radius 1 is 1.14 bits per heavy atom. The van der Waals surface area contributed by atoms with E-state index >= 15 is 0 Å². The van der Waals surface area contributed by atoms with Crippen molar-refractivity contribution in [1.82, 2.24) is 14.9 Å². The number of nitrogens with one attached hydrogen (secondary N) is 1. The van der Waals surface area contributed by atoms with Gasteiger partial charge in [0, 0.05) is 37.9 Å². The van der Waals surface area contributed by atoms with Crippen molar-refractivity contribution >= 4 is 11.8 Å². The number of anilines is 2. The van der Waals surface area contributed by atoms with Gasteiger partial charge in [-0.15, -0.1) is 0 Å². The maximum Gasteiger partial charge on any atom is 0.224 e. The Balaban J connectivity index is 2.09. The van der Waals surface area contributed by atoms with Gasteiger partial charge in [0.1, 0.15) is 5.82 Å². The van der Waals surface area contributed by atoms with Crippen LogP contribution in [0.5, 0.6) is 0 Å². The van der Waals surface area contributed by atoms with Crippen molar-refractivity contribution in [3.05, 3.63) is 11.8 Å². The van der Waals surface area contributed by atoms with Crippen LogP contribution >= 0.6 is 0 Å². The molecule has 0 amide bonds. The lowest BCUT2D eigenvalue weighted by atomic mass is 9.80. The van der Waals surface area contributed by atoms with E-state index in [4.69, 9.17) is 0 Å². The molecule has 0 radical (unpaired) electrons. The van der Waals surface area contributed by atoms with Crippen molar-refractivity contribution in [3.63, 3.8) is 0 Å². The number of nitrogens with zero attached hydrogens (tertiary/aromatic N) is 4. The highest BCUT2D eigenvalue weighted by molar-refractivity contribution is 5.47. The Bertz CT molecular complexity index is 464. The largest absolute Gasteiger partial charge is 0.362 e. The van der Waals surface area contributed by atoms with Crippen LogP contribution in [0.3, 0.4) is 0 Å². The van der Waals surface area contributed by atoms with Crippen LogP contribution in [-0.4, -0.2) is 55.1 Å². The summed E-state index contributed by atoms with van der Waals surface area (Å²) in [4.78, 5) is 13.5. The van der Waals surface area contributed by atoms with Crippen molar-refractivity contribution < 1.29 is 0 Å². The van der Waals surface area contributed by atoms with Gasteiger partial charge in [-0.2, -0.15) is 4.98 Å². The Labute approximate surface area is 128 Å². The zero-order valence-electron chi connectivity index (χ0n) is 14.1. The van der Waals surface area contributed by atoms with Crippen LogP contribution in [-0.2, 0) is 0 Å². The number of aryl methyl sites for hydroxylation is 1. The van der Waals surface area contributed by atoms with Crippen molar-refractivity contribution in [3.8, 4) is 0 Å². The van der Waals surface area contributed by atoms with E-state index in [1.807, 2.05) is 32.1 Å². The molecule has 0 saturated heterocycles. The molecular weight excluding hydrogens is 262 g/mol. The second-order valence-electron chi connectivity index (χ2n) is 6.63. The average molecular weight is 291 g/mol. The quantitative estimate of drug-likeness (QED) is 0.903. The number of rotatable bonds is 5. The maximum atomic E-state index is 4.63. The minimum Gasteiger partial charge on any atom is -0.362 e.